The number of nitriles is 1. The summed E-state index contributed by atoms with van der Waals surface area (Å²) in [5, 5.41) is 17.6. The summed E-state index contributed by atoms with van der Waals surface area (Å²) in [6.45, 7) is 0. The van der Waals surface area contributed by atoms with E-state index in [0.717, 1.165) is 12.1 Å². The number of alkyl halides is 3. The number of nitrogens with one attached hydrogen (secondary N) is 2. The first-order chi connectivity index (χ1) is 12.3. The molecule has 132 valence electrons. The van der Waals surface area contributed by atoms with Crippen LogP contribution in [-0.4, -0.2) is 21.1 Å². The minimum Gasteiger partial charge on any atom is -0.342 e. The van der Waals surface area contributed by atoms with Crippen LogP contribution < -0.4 is 5.48 Å². The van der Waals surface area contributed by atoms with Crippen LogP contribution in [0.5, 0.6) is 0 Å². The molecular weight excluding hydrogens is 349 g/mol. The molecule has 0 bridgehead atoms. The number of hydrogen-bond acceptors (Lipinski definition) is 4. The highest BCUT2D eigenvalue weighted by Crippen LogP contribution is 2.34. The van der Waals surface area contributed by atoms with Crippen molar-refractivity contribution in [1.82, 2.24) is 15.4 Å². The Kier molecular flexibility index (Phi) is 4.36. The number of halogens is 3. The van der Waals surface area contributed by atoms with Gasteiger partial charge in [0, 0.05) is 12.0 Å². The summed E-state index contributed by atoms with van der Waals surface area (Å²) in [5.41, 5.74) is 1.31. The predicted molar refractivity (Wildman–Crippen MR) is 84.3 cm³/mol. The van der Waals surface area contributed by atoms with Gasteiger partial charge in [0.1, 0.15) is 5.82 Å². The topological polar surface area (TPSA) is 102 Å². The monoisotopic (exact) mass is 360 g/mol. The molecule has 9 heteroatoms. The number of carbonyl (C=O) groups is 1. The maximum atomic E-state index is 13.0. The number of benzene rings is 2. The van der Waals surface area contributed by atoms with Crippen molar-refractivity contribution in [3.05, 3.63) is 64.5 Å². The normalized spacial score (nSPS) is 11.3. The zero-order valence-corrected chi connectivity index (χ0v) is 13.1. The smallest absolute Gasteiger partial charge is 0.342 e. The van der Waals surface area contributed by atoms with E-state index in [1.165, 1.54) is 23.7 Å². The molecule has 0 aliphatic carbocycles. The largest absolute Gasteiger partial charge is 0.417 e. The van der Waals surface area contributed by atoms with Gasteiger partial charge in [-0.2, -0.15) is 18.4 Å². The second kappa shape index (κ2) is 6.50. The average Bonchev–Trinajstić information content (AvgIpc) is 3.00. The Balaban J connectivity index is 1.98. The molecule has 6 nitrogen and oxygen atoms in total. The maximum absolute atomic E-state index is 13.0. The first kappa shape index (κ1) is 17.4. The minimum atomic E-state index is -4.64. The van der Waals surface area contributed by atoms with Crippen LogP contribution in [0.25, 0.3) is 11.0 Å². The fraction of sp³-hybridized carbons (Fsp3) is 0.118. The lowest BCUT2D eigenvalue weighted by Crippen LogP contribution is -2.18. The van der Waals surface area contributed by atoms with E-state index < -0.39 is 23.2 Å². The van der Waals surface area contributed by atoms with Crippen LogP contribution in [-0.2, 0) is 12.6 Å². The summed E-state index contributed by atoms with van der Waals surface area (Å²) in [7, 11) is 0. The van der Waals surface area contributed by atoms with Gasteiger partial charge < -0.3 is 4.98 Å². The molecule has 26 heavy (non-hydrogen) atoms. The summed E-state index contributed by atoms with van der Waals surface area (Å²) < 4.78 is 39.1. The molecule has 0 atom stereocenters. The predicted octanol–water partition coefficient (Wildman–Crippen LogP) is 3.16. The molecule has 0 aliphatic rings. The summed E-state index contributed by atoms with van der Waals surface area (Å²) in [5.74, 6) is -0.297. The van der Waals surface area contributed by atoms with Gasteiger partial charge >= 0.3 is 6.18 Å². The van der Waals surface area contributed by atoms with Gasteiger partial charge in [-0.25, -0.2) is 10.5 Å². The zero-order chi connectivity index (χ0) is 18.9. The minimum absolute atomic E-state index is 0.163. The Bertz CT molecular complexity index is 1030. The van der Waals surface area contributed by atoms with Crippen LogP contribution in [0, 0.1) is 11.3 Å². The second-order valence-electron chi connectivity index (χ2n) is 5.53. The van der Waals surface area contributed by atoms with Crippen molar-refractivity contribution in [2.75, 3.05) is 0 Å². The Morgan fingerprint density at radius 1 is 1.31 bits per heavy atom. The maximum Gasteiger partial charge on any atom is 0.417 e. The molecule has 2 aromatic carbocycles. The number of aromatic nitrogens is 2. The second-order valence-corrected chi connectivity index (χ2v) is 5.53. The number of aromatic amines is 1. The van der Waals surface area contributed by atoms with Gasteiger partial charge in [0.2, 0.25) is 0 Å². The van der Waals surface area contributed by atoms with Crippen molar-refractivity contribution in [3.63, 3.8) is 0 Å². The lowest BCUT2D eigenvalue weighted by molar-refractivity contribution is -0.137. The molecule has 3 rings (SSSR count). The van der Waals surface area contributed by atoms with Crippen molar-refractivity contribution < 1.29 is 23.2 Å². The van der Waals surface area contributed by atoms with E-state index in [-0.39, 0.29) is 23.0 Å². The summed E-state index contributed by atoms with van der Waals surface area (Å²) in [6.07, 6.45) is -4.42. The van der Waals surface area contributed by atoms with Gasteiger partial charge in [0.05, 0.1) is 28.2 Å². The molecule has 0 spiro atoms. The number of amides is 1. The van der Waals surface area contributed by atoms with Gasteiger partial charge in [-0.05, 0) is 29.8 Å². The molecule has 0 aliphatic heterocycles. The number of hydrogen-bond donors (Lipinski definition) is 3. The standard InChI is InChI=1S/C17H11F3N4O2/c18-17(19,20)12-7-14-13(6-11(12)8-21)22-15(23-14)5-9-2-1-3-10(4-9)16(25)24-26/h1-4,6-7,26H,5H2,(H,22,23)(H,24,25). The lowest BCUT2D eigenvalue weighted by atomic mass is 10.1. The first-order valence-corrected chi connectivity index (χ1v) is 7.35. The fourth-order valence-electron chi connectivity index (χ4n) is 2.60. The fourth-order valence-corrected chi connectivity index (χ4v) is 2.60. The summed E-state index contributed by atoms with van der Waals surface area (Å²) in [4.78, 5) is 18.4. The molecule has 3 N–H and O–H groups in total. The van der Waals surface area contributed by atoms with Crippen molar-refractivity contribution >= 4 is 16.9 Å². The van der Waals surface area contributed by atoms with Crippen LogP contribution in [0.3, 0.4) is 0 Å². The molecule has 0 unspecified atom stereocenters. The Morgan fingerprint density at radius 2 is 2.08 bits per heavy atom. The van der Waals surface area contributed by atoms with Crippen molar-refractivity contribution in [3.8, 4) is 6.07 Å². The average molecular weight is 360 g/mol. The Morgan fingerprint density at radius 3 is 2.73 bits per heavy atom. The van der Waals surface area contributed by atoms with Crippen molar-refractivity contribution in [2.24, 2.45) is 0 Å². The van der Waals surface area contributed by atoms with Crippen LogP contribution in [0.4, 0.5) is 13.2 Å². The highest BCUT2D eigenvalue weighted by molar-refractivity contribution is 5.93. The van der Waals surface area contributed by atoms with E-state index >= 15 is 0 Å². The van der Waals surface area contributed by atoms with Crippen LogP contribution in [0.15, 0.2) is 36.4 Å². The van der Waals surface area contributed by atoms with Crippen molar-refractivity contribution in [2.45, 2.75) is 12.6 Å². The van der Waals surface area contributed by atoms with Gasteiger partial charge in [-0.15, -0.1) is 0 Å². The SMILES string of the molecule is N#Cc1cc2nc(Cc3cccc(C(=O)NO)c3)[nH]c2cc1C(F)(F)F. The van der Waals surface area contributed by atoms with Crippen LogP contribution in [0.2, 0.25) is 0 Å². The Labute approximate surface area is 144 Å². The molecule has 0 radical (unpaired) electrons. The van der Waals surface area contributed by atoms with Gasteiger partial charge in [0.15, 0.2) is 0 Å². The third kappa shape index (κ3) is 3.36. The number of carbonyl (C=O) groups excluding carboxylic acids is 1. The molecule has 1 amide bonds. The number of nitrogens with zero attached hydrogens (tertiary/aromatic N) is 2. The third-order valence-electron chi connectivity index (χ3n) is 3.76. The highest BCUT2D eigenvalue weighted by Gasteiger charge is 2.34. The van der Waals surface area contributed by atoms with Gasteiger partial charge in [0.25, 0.3) is 5.91 Å². The summed E-state index contributed by atoms with van der Waals surface area (Å²) >= 11 is 0. The highest BCUT2D eigenvalue weighted by atomic mass is 19.4. The van der Waals surface area contributed by atoms with Crippen LogP contribution >= 0.6 is 0 Å². The molecule has 0 saturated carbocycles. The van der Waals surface area contributed by atoms with E-state index in [4.69, 9.17) is 10.5 Å². The van der Waals surface area contributed by atoms with Gasteiger partial charge in [-0.1, -0.05) is 12.1 Å². The number of rotatable bonds is 3. The number of hydroxylamine groups is 1. The molecule has 0 saturated heterocycles. The molecule has 0 fully saturated rings. The quantitative estimate of drug-likeness (QED) is 0.493. The summed E-state index contributed by atoms with van der Waals surface area (Å²) in [6, 6.07) is 9.84. The number of fused-ring (bicyclic) bond motifs is 1. The third-order valence-corrected chi connectivity index (χ3v) is 3.76. The first-order valence-electron chi connectivity index (χ1n) is 7.35. The van der Waals surface area contributed by atoms with E-state index in [2.05, 4.69) is 9.97 Å². The molecule has 3 aromatic rings. The van der Waals surface area contributed by atoms with E-state index in [0.29, 0.717) is 11.4 Å². The Hall–Kier alpha value is -3.38. The van der Waals surface area contributed by atoms with E-state index in [1.54, 1.807) is 12.1 Å². The van der Waals surface area contributed by atoms with Crippen LogP contribution in [0.1, 0.15) is 32.9 Å². The number of imidazole rings is 1. The van der Waals surface area contributed by atoms with Crippen molar-refractivity contribution in [1.29, 1.82) is 5.26 Å². The van der Waals surface area contributed by atoms with E-state index in [9.17, 15) is 18.0 Å². The van der Waals surface area contributed by atoms with E-state index in [1.807, 2.05) is 0 Å². The lowest BCUT2D eigenvalue weighted by Gasteiger charge is -2.07. The van der Waals surface area contributed by atoms with Gasteiger partial charge in [-0.3, -0.25) is 10.0 Å². The number of H-pyrrole nitrogens is 1. The molecular formula is C17H11F3N4O2. The molecule has 1 heterocycles. The molecule has 1 aromatic heterocycles. The zero-order valence-electron chi connectivity index (χ0n) is 13.1.